The molecule has 9 heteroatoms. The molecule has 0 spiro atoms. The molecule has 0 aliphatic rings. The molecule has 0 N–H and O–H groups in total. The summed E-state index contributed by atoms with van der Waals surface area (Å²) < 4.78 is 11.0. The summed E-state index contributed by atoms with van der Waals surface area (Å²) in [7, 11) is 0. The monoisotopic (exact) mass is 377 g/mol. The van der Waals surface area contributed by atoms with E-state index in [1.807, 2.05) is 57.2 Å². The molecule has 28 heavy (non-hydrogen) atoms. The van der Waals surface area contributed by atoms with E-state index >= 15 is 0 Å². The molecule has 0 fully saturated rings. The van der Waals surface area contributed by atoms with Crippen molar-refractivity contribution in [2.24, 2.45) is 0 Å². The lowest BCUT2D eigenvalue weighted by Crippen LogP contribution is -2.24. The Labute approximate surface area is 161 Å². The Morgan fingerprint density at radius 1 is 1.04 bits per heavy atom. The average molecular weight is 377 g/mol. The van der Waals surface area contributed by atoms with Crippen molar-refractivity contribution in [3.63, 3.8) is 0 Å². The molecule has 0 amide bonds. The Morgan fingerprint density at radius 2 is 1.86 bits per heavy atom. The second-order valence-corrected chi connectivity index (χ2v) is 7.16. The van der Waals surface area contributed by atoms with Gasteiger partial charge in [0.05, 0.1) is 5.54 Å². The Bertz CT molecular complexity index is 1050. The molecule has 4 aromatic rings. The van der Waals surface area contributed by atoms with Crippen LogP contribution in [0, 0.1) is 0 Å². The number of hydrogen-bond acceptors (Lipinski definition) is 8. The fraction of sp³-hybridized carbons (Fsp3) is 0.263. The van der Waals surface area contributed by atoms with Gasteiger partial charge in [-0.1, -0.05) is 35.5 Å². The highest BCUT2D eigenvalue weighted by molar-refractivity contribution is 5.55. The summed E-state index contributed by atoms with van der Waals surface area (Å²) in [6.07, 6.45) is 1.63. The zero-order valence-corrected chi connectivity index (χ0v) is 15.8. The maximum Gasteiger partial charge on any atom is 0.299 e. The first-order chi connectivity index (χ1) is 13.5. The molecule has 0 radical (unpaired) electrons. The maximum absolute atomic E-state index is 5.69. The van der Waals surface area contributed by atoms with E-state index in [2.05, 4.69) is 30.5 Å². The van der Waals surface area contributed by atoms with Crippen LogP contribution in [0.1, 0.15) is 26.3 Å². The van der Waals surface area contributed by atoms with Gasteiger partial charge in [-0.15, -0.1) is 10.2 Å². The lowest BCUT2D eigenvalue weighted by Gasteiger charge is -2.14. The number of aromatic nitrogens is 7. The molecular formula is C19H19N7O2. The molecule has 3 aromatic heterocycles. The van der Waals surface area contributed by atoms with Crippen molar-refractivity contribution in [2.45, 2.75) is 32.9 Å². The molecule has 0 aliphatic carbocycles. The van der Waals surface area contributed by atoms with Gasteiger partial charge in [-0.05, 0) is 37.6 Å². The Hall–Kier alpha value is -3.62. The summed E-state index contributed by atoms with van der Waals surface area (Å²) in [6.45, 7) is 6.38. The summed E-state index contributed by atoms with van der Waals surface area (Å²) in [5.74, 6) is 1.40. The quantitative estimate of drug-likeness (QED) is 0.522. The first-order valence-corrected chi connectivity index (χ1v) is 8.77. The number of pyridine rings is 1. The van der Waals surface area contributed by atoms with Crippen molar-refractivity contribution in [3.8, 4) is 29.0 Å². The Morgan fingerprint density at radius 3 is 2.54 bits per heavy atom. The van der Waals surface area contributed by atoms with Gasteiger partial charge in [-0.3, -0.25) is 0 Å². The minimum atomic E-state index is -0.284. The first kappa shape index (κ1) is 17.8. The molecule has 0 atom stereocenters. The van der Waals surface area contributed by atoms with Gasteiger partial charge < -0.3 is 9.26 Å². The number of ether oxygens (including phenoxy) is 1. The minimum absolute atomic E-state index is 0.204. The highest BCUT2D eigenvalue weighted by Crippen LogP contribution is 2.21. The van der Waals surface area contributed by atoms with Crippen molar-refractivity contribution in [1.29, 1.82) is 0 Å². The van der Waals surface area contributed by atoms with Crippen molar-refractivity contribution in [1.82, 2.24) is 35.3 Å². The van der Waals surface area contributed by atoms with Gasteiger partial charge in [0.1, 0.15) is 6.61 Å². The molecule has 0 bridgehead atoms. The second-order valence-electron chi connectivity index (χ2n) is 7.16. The fourth-order valence-electron chi connectivity index (χ4n) is 2.35. The molecule has 142 valence electrons. The standard InChI is InChI=1S/C19H19N7O2/c1-19(2,3)26-23-17(22-25-26)18-21-16(24-28-18)14-9-10-15(20-11-14)27-12-13-7-5-4-6-8-13/h4-11H,12H2,1-3H3. The predicted molar refractivity (Wildman–Crippen MR) is 100 cm³/mol. The molecule has 0 unspecified atom stereocenters. The van der Waals surface area contributed by atoms with E-state index in [-0.39, 0.29) is 17.3 Å². The topological polar surface area (TPSA) is 105 Å². The summed E-state index contributed by atoms with van der Waals surface area (Å²) in [6, 6.07) is 13.5. The number of hydrogen-bond donors (Lipinski definition) is 0. The van der Waals surface area contributed by atoms with Gasteiger partial charge in [0.25, 0.3) is 11.7 Å². The lowest BCUT2D eigenvalue weighted by molar-refractivity contribution is 0.294. The Balaban J connectivity index is 1.46. The molecule has 0 aliphatic heterocycles. The third-order valence-corrected chi connectivity index (χ3v) is 3.86. The number of rotatable bonds is 5. The van der Waals surface area contributed by atoms with Gasteiger partial charge in [0, 0.05) is 17.8 Å². The molecule has 0 saturated heterocycles. The zero-order valence-electron chi connectivity index (χ0n) is 15.8. The second kappa shape index (κ2) is 7.18. The Kier molecular flexibility index (Phi) is 4.56. The number of nitrogens with zero attached hydrogens (tertiary/aromatic N) is 7. The van der Waals surface area contributed by atoms with Gasteiger partial charge >= 0.3 is 0 Å². The normalized spacial score (nSPS) is 11.5. The molecule has 3 heterocycles. The van der Waals surface area contributed by atoms with Crippen molar-refractivity contribution in [3.05, 3.63) is 54.2 Å². The fourth-order valence-corrected chi connectivity index (χ4v) is 2.35. The van der Waals surface area contributed by atoms with Crippen LogP contribution in [0.25, 0.3) is 23.1 Å². The summed E-state index contributed by atoms with van der Waals surface area (Å²) in [5.41, 5.74) is 1.49. The summed E-state index contributed by atoms with van der Waals surface area (Å²) in [5, 5.41) is 16.3. The van der Waals surface area contributed by atoms with E-state index in [0.29, 0.717) is 23.9 Å². The number of tetrazole rings is 1. The third-order valence-electron chi connectivity index (χ3n) is 3.86. The minimum Gasteiger partial charge on any atom is -0.473 e. The van der Waals surface area contributed by atoms with Crippen LogP contribution < -0.4 is 4.74 Å². The van der Waals surface area contributed by atoms with E-state index in [9.17, 15) is 0 Å². The molecule has 0 saturated carbocycles. The zero-order chi connectivity index (χ0) is 19.6. The van der Waals surface area contributed by atoms with E-state index in [4.69, 9.17) is 9.26 Å². The average Bonchev–Trinajstić information content (AvgIpc) is 3.37. The van der Waals surface area contributed by atoms with Crippen LogP contribution in [-0.4, -0.2) is 35.3 Å². The van der Waals surface area contributed by atoms with Crippen molar-refractivity contribution in [2.75, 3.05) is 0 Å². The van der Waals surface area contributed by atoms with Gasteiger partial charge in [0.15, 0.2) is 0 Å². The molecule has 4 rings (SSSR count). The van der Waals surface area contributed by atoms with E-state index in [1.165, 1.54) is 4.80 Å². The van der Waals surface area contributed by atoms with Crippen molar-refractivity contribution >= 4 is 0 Å². The van der Waals surface area contributed by atoms with Gasteiger partial charge in [-0.2, -0.15) is 9.78 Å². The van der Waals surface area contributed by atoms with Crippen LogP contribution in [0.4, 0.5) is 0 Å². The molecule has 1 aromatic carbocycles. The predicted octanol–water partition coefficient (Wildman–Crippen LogP) is 3.12. The van der Waals surface area contributed by atoms with E-state index in [0.717, 1.165) is 5.56 Å². The van der Waals surface area contributed by atoms with Gasteiger partial charge in [-0.25, -0.2) is 4.98 Å². The van der Waals surface area contributed by atoms with Crippen LogP contribution in [-0.2, 0) is 12.1 Å². The van der Waals surface area contributed by atoms with Gasteiger partial charge in [0.2, 0.25) is 11.7 Å². The lowest BCUT2D eigenvalue weighted by atomic mass is 10.1. The van der Waals surface area contributed by atoms with Crippen LogP contribution in [0.3, 0.4) is 0 Å². The van der Waals surface area contributed by atoms with Crippen molar-refractivity contribution < 1.29 is 9.26 Å². The third kappa shape index (κ3) is 3.88. The van der Waals surface area contributed by atoms with Crippen LogP contribution in [0.5, 0.6) is 5.88 Å². The smallest absolute Gasteiger partial charge is 0.299 e. The number of benzene rings is 1. The van der Waals surface area contributed by atoms with E-state index < -0.39 is 0 Å². The SMILES string of the molecule is CC(C)(C)n1nnc(-c2nc(-c3ccc(OCc4ccccc4)nc3)no2)n1. The molecule has 9 nitrogen and oxygen atoms in total. The summed E-state index contributed by atoms with van der Waals surface area (Å²) >= 11 is 0. The van der Waals surface area contributed by atoms with Crippen LogP contribution >= 0.6 is 0 Å². The summed E-state index contributed by atoms with van der Waals surface area (Å²) in [4.78, 5) is 10.1. The first-order valence-electron chi connectivity index (χ1n) is 8.77. The van der Waals surface area contributed by atoms with E-state index in [1.54, 1.807) is 12.3 Å². The maximum atomic E-state index is 5.69. The largest absolute Gasteiger partial charge is 0.473 e. The highest BCUT2D eigenvalue weighted by Gasteiger charge is 2.21. The molecular weight excluding hydrogens is 358 g/mol. The van der Waals surface area contributed by atoms with Crippen LogP contribution in [0.15, 0.2) is 53.2 Å². The van der Waals surface area contributed by atoms with Crippen LogP contribution in [0.2, 0.25) is 0 Å². The highest BCUT2D eigenvalue weighted by atomic mass is 16.5.